The van der Waals surface area contributed by atoms with Gasteiger partial charge in [0.05, 0.1) is 0 Å². The Kier molecular flexibility index (Phi) is 24.4. The normalized spacial score (nSPS) is 10.2. The second-order valence-electron chi connectivity index (χ2n) is 1.22. The molecule has 0 aliphatic rings. The van der Waals surface area contributed by atoms with Crippen molar-refractivity contribution in [3.8, 4) is 0 Å². The van der Waals surface area contributed by atoms with Crippen LogP contribution < -0.4 is 0 Å². The predicted molar refractivity (Wildman–Crippen MR) is 31.4 cm³/mol. The third kappa shape index (κ3) is 1020. The van der Waals surface area contributed by atoms with Gasteiger partial charge < -0.3 is 27.3 Å². The molecule has 0 atom stereocenters. The van der Waals surface area contributed by atoms with E-state index >= 15 is 0 Å². The molecule has 12 nitrogen and oxygen atoms in total. The van der Waals surface area contributed by atoms with Gasteiger partial charge in [-0.2, -0.15) is 0 Å². The van der Waals surface area contributed by atoms with Crippen molar-refractivity contribution in [2.45, 2.75) is 0 Å². The van der Waals surface area contributed by atoms with Gasteiger partial charge >= 0.3 is 76.4 Å². The van der Waals surface area contributed by atoms with Gasteiger partial charge in [0.1, 0.15) is 0 Å². The summed E-state index contributed by atoms with van der Waals surface area (Å²) in [4.78, 5) is 0. The SMILES string of the molecule is O=S(=O)([O-])[O-].O=S(=O)([O-])[O-].O=S(=O)([O-])[O-].[La+3].[Nd+3]. The van der Waals surface area contributed by atoms with Crippen LogP contribution in [0.15, 0.2) is 0 Å². The Morgan fingerprint density at radius 1 is 0.471 bits per heavy atom. The first-order valence-electron chi connectivity index (χ1n) is 2.00. The molecule has 0 bridgehead atoms. The third-order valence-corrected chi connectivity index (χ3v) is 0. The monoisotopic (exact) mass is 569 g/mol. The van der Waals surface area contributed by atoms with E-state index in [4.69, 9.17) is 52.6 Å². The standard InChI is InChI=1S/La.Nd.3H2O4S/c;;3*1-5(2,3)4/h;;3*(H2,1,2,3,4)/q2*+3;;;/p-6. The Morgan fingerprint density at radius 3 is 0.471 bits per heavy atom. The molecule has 0 rings (SSSR count). The molecule has 0 aliphatic heterocycles. The fourth-order valence-electron chi connectivity index (χ4n) is 0. The van der Waals surface area contributed by atoms with Crippen LogP contribution in [0.1, 0.15) is 0 Å². The van der Waals surface area contributed by atoms with Crippen LogP contribution in [-0.2, 0) is 31.2 Å². The Bertz CT molecular complexity index is 343. The Balaban J connectivity index is -0.0000000400. The molecular weight excluding hydrogens is 571 g/mol. The number of rotatable bonds is 0. The van der Waals surface area contributed by atoms with Crippen LogP contribution in [0.25, 0.3) is 0 Å². The van der Waals surface area contributed by atoms with Crippen molar-refractivity contribution in [3.05, 3.63) is 0 Å². The summed E-state index contributed by atoms with van der Waals surface area (Å²) in [6.45, 7) is 0. The van der Waals surface area contributed by atoms with Gasteiger partial charge in [0, 0.05) is 31.2 Å². The maximum Gasteiger partial charge on any atom is 3.00 e. The summed E-state index contributed by atoms with van der Waals surface area (Å²) >= 11 is 0. The van der Waals surface area contributed by atoms with Crippen LogP contribution in [0.4, 0.5) is 0 Å². The summed E-state index contributed by atoms with van der Waals surface area (Å²) in [7, 11) is -15.5. The minimum atomic E-state index is -5.17. The van der Waals surface area contributed by atoms with Gasteiger partial charge in [-0.15, -0.1) is 0 Å². The van der Waals surface area contributed by atoms with E-state index < -0.39 is 31.2 Å². The zero-order valence-corrected chi connectivity index (χ0v) is 16.5. The van der Waals surface area contributed by atoms with Gasteiger partial charge in [-0.05, 0) is 0 Å². The average Bonchev–Trinajstić information content (AvgIpc) is 1.41. The molecule has 0 amide bonds. The molecule has 97 valence electrons. The fourth-order valence-corrected chi connectivity index (χ4v) is 0. The summed E-state index contributed by atoms with van der Waals surface area (Å²) in [5, 5.41) is 0. The largest absolute Gasteiger partial charge is 3.00 e. The van der Waals surface area contributed by atoms with E-state index in [0.717, 1.165) is 0 Å². The van der Waals surface area contributed by atoms with Crippen LogP contribution in [-0.4, -0.2) is 52.6 Å². The van der Waals surface area contributed by atoms with Crippen molar-refractivity contribution < 1.29 is 129 Å². The maximum absolute atomic E-state index is 8.52. The molecule has 0 N–H and O–H groups in total. The maximum atomic E-state index is 8.52. The molecule has 0 aromatic carbocycles. The van der Waals surface area contributed by atoms with Crippen molar-refractivity contribution in [1.82, 2.24) is 0 Å². The van der Waals surface area contributed by atoms with Crippen molar-refractivity contribution in [2.24, 2.45) is 0 Å². The van der Waals surface area contributed by atoms with Gasteiger partial charge in [-0.25, -0.2) is 0 Å². The molecule has 17 heteroatoms. The predicted octanol–water partition coefficient (Wildman–Crippen LogP) is -4.01. The summed E-state index contributed by atoms with van der Waals surface area (Å²) in [6.07, 6.45) is 0. The summed E-state index contributed by atoms with van der Waals surface area (Å²) in [6, 6.07) is 0. The summed E-state index contributed by atoms with van der Waals surface area (Å²) < 4.78 is 102. The van der Waals surface area contributed by atoms with Gasteiger partial charge in [0.25, 0.3) is 0 Å². The van der Waals surface area contributed by atoms with E-state index in [1.807, 2.05) is 0 Å². The molecule has 0 saturated heterocycles. The molecule has 0 saturated carbocycles. The molecule has 17 heavy (non-hydrogen) atoms. The van der Waals surface area contributed by atoms with Crippen molar-refractivity contribution >= 4 is 31.2 Å². The smallest absolute Gasteiger partial charge is 0.759 e. The van der Waals surface area contributed by atoms with Gasteiger partial charge in [-0.3, -0.25) is 25.3 Å². The number of hydrogen-bond donors (Lipinski definition) is 0. The van der Waals surface area contributed by atoms with Crippen LogP contribution in [0.3, 0.4) is 0 Å². The first kappa shape index (κ1) is 31.5. The topological polar surface area (TPSA) is 241 Å². The molecule has 0 fully saturated rings. The molecule has 1 radical (unpaired) electrons. The minimum Gasteiger partial charge on any atom is -0.759 e. The molecule has 0 aliphatic carbocycles. The van der Waals surface area contributed by atoms with Gasteiger partial charge in [-0.1, -0.05) is 0 Å². The first-order chi connectivity index (χ1) is 6.00. The summed E-state index contributed by atoms with van der Waals surface area (Å²) in [5.41, 5.74) is 0. The van der Waals surface area contributed by atoms with E-state index in [1.165, 1.54) is 0 Å². The van der Waals surface area contributed by atoms with Crippen LogP contribution in [0.5, 0.6) is 0 Å². The summed E-state index contributed by atoms with van der Waals surface area (Å²) in [5.74, 6) is 0. The molecule has 0 spiro atoms. The Morgan fingerprint density at radius 2 is 0.471 bits per heavy atom. The molecular formula is LaNdO12S3. The molecule has 0 unspecified atom stereocenters. The van der Waals surface area contributed by atoms with Gasteiger partial charge in [0.15, 0.2) is 0 Å². The average molecular weight is 571 g/mol. The van der Waals surface area contributed by atoms with E-state index in [-0.39, 0.29) is 76.4 Å². The second kappa shape index (κ2) is 13.2. The van der Waals surface area contributed by atoms with E-state index in [0.29, 0.717) is 0 Å². The Labute approximate surface area is 157 Å². The zero-order valence-electron chi connectivity index (χ0n) is 7.20. The molecule has 0 heterocycles. The van der Waals surface area contributed by atoms with E-state index in [2.05, 4.69) is 0 Å². The van der Waals surface area contributed by atoms with Crippen LogP contribution >= 0.6 is 0 Å². The Hall–Kier alpha value is 2.16. The third-order valence-electron chi connectivity index (χ3n) is 0. The fraction of sp³-hybridized carbons (Fsp3) is 0. The zero-order chi connectivity index (χ0) is 13.5. The van der Waals surface area contributed by atoms with E-state index in [1.54, 1.807) is 0 Å². The molecule has 0 aromatic rings. The minimum absolute atomic E-state index is 0. The van der Waals surface area contributed by atoms with E-state index in [9.17, 15) is 0 Å². The molecule has 0 aromatic heterocycles. The van der Waals surface area contributed by atoms with Gasteiger partial charge in [0.2, 0.25) is 0 Å². The van der Waals surface area contributed by atoms with Crippen LogP contribution in [0, 0.1) is 76.4 Å². The quantitative estimate of drug-likeness (QED) is 0.199. The van der Waals surface area contributed by atoms with Crippen molar-refractivity contribution in [1.29, 1.82) is 0 Å². The van der Waals surface area contributed by atoms with Crippen LogP contribution in [0.2, 0.25) is 0 Å². The number of hydrogen-bond acceptors (Lipinski definition) is 12. The second-order valence-corrected chi connectivity index (χ2v) is 3.67. The first-order valence-corrected chi connectivity index (χ1v) is 6.00. The van der Waals surface area contributed by atoms with Crippen molar-refractivity contribution in [2.75, 3.05) is 0 Å². The van der Waals surface area contributed by atoms with Crippen molar-refractivity contribution in [3.63, 3.8) is 0 Å².